The predicted molar refractivity (Wildman–Crippen MR) is 84.5 cm³/mol. The Morgan fingerprint density at radius 2 is 1.93 bits per heavy atom. The number of amides is 1. The fraction of sp³-hybridized carbons (Fsp3) is 0.188. The average molecular weight is 379 g/mol. The number of nitrogens with zero attached hydrogens (tertiary/aromatic N) is 4. The molecule has 0 spiro atoms. The van der Waals surface area contributed by atoms with Crippen LogP contribution in [-0.4, -0.2) is 38.7 Å². The number of hydrogen-bond donors (Lipinski definition) is 1. The maximum absolute atomic E-state index is 12.5. The lowest BCUT2D eigenvalue weighted by atomic mass is 10.1. The molecule has 0 unspecified atom stereocenters. The number of ketones is 1. The lowest BCUT2D eigenvalue weighted by Gasteiger charge is -2.02. The molecule has 11 heteroatoms. The summed E-state index contributed by atoms with van der Waals surface area (Å²) in [6.45, 7) is 0.293. The van der Waals surface area contributed by atoms with Gasteiger partial charge in [0.2, 0.25) is 5.82 Å². The topological polar surface area (TPSA) is 103 Å². The van der Waals surface area contributed by atoms with Crippen LogP contribution < -0.4 is 5.32 Å². The quantitative estimate of drug-likeness (QED) is 0.537. The highest BCUT2D eigenvalue weighted by atomic mass is 19.4. The molecule has 140 valence electrons. The highest BCUT2D eigenvalue weighted by molar-refractivity contribution is 6.42. The molecule has 0 aliphatic rings. The van der Waals surface area contributed by atoms with Gasteiger partial charge in [-0.05, 0) is 5.56 Å². The summed E-state index contributed by atoms with van der Waals surface area (Å²) >= 11 is 0. The fourth-order valence-electron chi connectivity index (χ4n) is 2.21. The van der Waals surface area contributed by atoms with Gasteiger partial charge in [0.05, 0.1) is 18.3 Å². The van der Waals surface area contributed by atoms with Crippen LogP contribution in [0.5, 0.6) is 0 Å². The van der Waals surface area contributed by atoms with Gasteiger partial charge in [-0.2, -0.15) is 23.3 Å². The highest BCUT2D eigenvalue weighted by Crippen LogP contribution is 2.29. The molecule has 0 bridgehead atoms. The second-order valence-electron chi connectivity index (χ2n) is 5.45. The van der Waals surface area contributed by atoms with Crippen molar-refractivity contribution in [1.82, 2.24) is 25.2 Å². The van der Waals surface area contributed by atoms with Crippen molar-refractivity contribution in [3.8, 4) is 11.4 Å². The van der Waals surface area contributed by atoms with E-state index in [9.17, 15) is 22.8 Å². The molecule has 0 atom stereocenters. The zero-order valence-electron chi connectivity index (χ0n) is 13.8. The summed E-state index contributed by atoms with van der Waals surface area (Å²) in [5, 5.41) is 9.57. The van der Waals surface area contributed by atoms with E-state index in [4.69, 9.17) is 0 Å². The number of halogens is 3. The third-order valence-corrected chi connectivity index (χ3v) is 3.55. The first-order valence-corrected chi connectivity index (χ1v) is 7.57. The Bertz CT molecular complexity index is 976. The minimum atomic E-state index is -4.70. The summed E-state index contributed by atoms with van der Waals surface area (Å²) in [7, 11) is 1.35. The first-order chi connectivity index (χ1) is 12.8. The van der Waals surface area contributed by atoms with Gasteiger partial charge >= 0.3 is 12.1 Å². The molecule has 3 aromatic rings. The highest BCUT2D eigenvalue weighted by Gasteiger charge is 2.38. The Balaban J connectivity index is 1.71. The molecule has 1 N–H and O–H groups in total. The van der Waals surface area contributed by atoms with Crippen molar-refractivity contribution in [2.75, 3.05) is 7.05 Å². The van der Waals surface area contributed by atoms with Gasteiger partial charge in [-0.15, -0.1) is 0 Å². The van der Waals surface area contributed by atoms with Gasteiger partial charge in [0.15, 0.2) is 0 Å². The maximum Gasteiger partial charge on any atom is 0.471 e. The number of nitrogens with one attached hydrogen (secondary N) is 1. The van der Waals surface area contributed by atoms with Gasteiger partial charge < -0.3 is 9.84 Å². The van der Waals surface area contributed by atoms with Crippen molar-refractivity contribution in [2.45, 2.75) is 12.7 Å². The van der Waals surface area contributed by atoms with Gasteiger partial charge in [-0.3, -0.25) is 14.3 Å². The van der Waals surface area contributed by atoms with Crippen LogP contribution in [0.3, 0.4) is 0 Å². The number of benzene rings is 1. The van der Waals surface area contributed by atoms with Crippen molar-refractivity contribution in [3.05, 3.63) is 53.7 Å². The zero-order chi connectivity index (χ0) is 19.6. The molecule has 8 nitrogen and oxygen atoms in total. The summed E-state index contributed by atoms with van der Waals surface area (Å²) in [6.07, 6.45) is -1.99. The SMILES string of the molecule is CNC(=O)C(=O)c1cnn(Cc2ccc(-c3noc(C(F)(F)F)n3)cc2)c1. The van der Waals surface area contributed by atoms with Crippen molar-refractivity contribution < 1.29 is 27.3 Å². The van der Waals surface area contributed by atoms with Gasteiger partial charge in [0.25, 0.3) is 11.7 Å². The lowest BCUT2D eigenvalue weighted by molar-refractivity contribution is -0.159. The van der Waals surface area contributed by atoms with Crippen LogP contribution >= 0.6 is 0 Å². The number of likely N-dealkylation sites (N-methyl/N-ethyl adjacent to an activating group) is 1. The van der Waals surface area contributed by atoms with E-state index in [0.29, 0.717) is 12.1 Å². The molecular weight excluding hydrogens is 367 g/mol. The van der Waals surface area contributed by atoms with E-state index in [0.717, 1.165) is 5.56 Å². The fourth-order valence-corrected chi connectivity index (χ4v) is 2.21. The van der Waals surface area contributed by atoms with Crippen molar-refractivity contribution in [3.63, 3.8) is 0 Å². The predicted octanol–water partition coefficient (Wildman–Crippen LogP) is 1.93. The molecule has 0 saturated carbocycles. The number of aromatic nitrogens is 4. The number of alkyl halides is 3. The summed E-state index contributed by atoms with van der Waals surface area (Å²) in [5.74, 6) is -3.02. The normalized spacial score (nSPS) is 11.4. The number of Topliss-reactive ketones (excluding diaryl/α,β-unsaturated/α-hetero) is 1. The maximum atomic E-state index is 12.5. The largest absolute Gasteiger partial charge is 0.471 e. The van der Waals surface area contributed by atoms with Gasteiger partial charge in [-0.25, -0.2) is 0 Å². The average Bonchev–Trinajstić information content (AvgIpc) is 3.30. The van der Waals surface area contributed by atoms with E-state index >= 15 is 0 Å². The van der Waals surface area contributed by atoms with Crippen LogP contribution in [0.4, 0.5) is 13.2 Å². The number of carbonyl (C=O) groups excluding carboxylic acids is 2. The van der Waals surface area contributed by atoms with Crippen molar-refractivity contribution in [1.29, 1.82) is 0 Å². The Morgan fingerprint density at radius 1 is 1.22 bits per heavy atom. The third-order valence-electron chi connectivity index (χ3n) is 3.55. The molecule has 3 rings (SSSR count). The van der Waals surface area contributed by atoms with E-state index in [-0.39, 0.29) is 11.4 Å². The van der Waals surface area contributed by atoms with E-state index in [1.165, 1.54) is 24.1 Å². The smallest absolute Gasteiger partial charge is 0.352 e. The van der Waals surface area contributed by atoms with E-state index in [1.54, 1.807) is 24.3 Å². The van der Waals surface area contributed by atoms with Crippen LogP contribution in [0.1, 0.15) is 21.8 Å². The van der Waals surface area contributed by atoms with E-state index in [2.05, 4.69) is 25.1 Å². The Labute approximate surface area is 150 Å². The molecule has 0 fully saturated rings. The van der Waals surface area contributed by atoms with Crippen LogP contribution in [0, 0.1) is 0 Å². The molecule has 2 heterocycles. The molecule has 1 amide bonds. The Hall–Kier alpha value is -3.50. The van der Waals surface area contributed by atoms with Gasteiger partial charge in [0.1, 0.15) is 0 Å². The number of rotatable bonds is 5. The molecule has 0 saturated heterocycles. The number of carbonyl (C=O) groups is 2. The molecule has 0 aliphatic carbocycles. The zero-order valence-corrected chi connectivity index (χ0v) is 13.8. The Kier molecular flexibility index (Phi) is 4.75. The summed E-state index contributed by atoms with van der Waals surface area (Å²) < 4.78 is 43.2. The van der Waals surface area contributed by atoms with E-state index < -0.39 is 23.8 Å². The van der Waals surface area contributed by atoms with E-state index in [1.807, 2.05) is 0 Å². The van der Waals surface area contributed by atoms with Crippen molar-refractivity contribution >= 4 is 11.7 Å². The van der Waals surface area contributed by atoms with Crippen LogP contribution in [0.2, 0.25) is 0 Å². The van der Waals surface area contributed by atoms with Crippen LogP contribution in [-0.2, 0) is 17.5 Å². The lowest BCUT2D eigenvalue weighted by Crippen LogP contribution is -2.27. The van der Waals surface area contributed by atoms with Gasteiger partial charge in [-0.1, -0.05) is 29.4 Å². The minimum absolute atomic E-state index is 0.150. The monoisotopic (exact) mass is 379 g/mol. The summed E-state index contributed by atoms with van der Waals surface area (Å²) in [5.41, 5.74) is 1.27. The molecule has 0 radical (unpaired) electrons. The molecule has 2 aromatic heterocycles. The summed E-state index contributed by atoms with van der Waals surface area (Å²) in [6, 6.07) is 6.39. The molecular formula is C16H12F3N5O3. The van der Waals surface area contributed by atoms with Crippen molar-refractivity contribution in [2.24, 2.45) is 0 Å². The van der Waals surface area contributed by atoms with Gasteiger partial charge in [0, 0.05) is 18.8 Å². The Morgan fingerprint density at radius 3 is 2.52 bits per heavy atom. The second-order valence-corrected chi connectivity index (χ2v) is 5.45. The second kappa shape index (κ2) is 7.02. The first-order valence-electron chi connectivity index (χ1n) is 7.57. The third kappa shape index (κ3) is 4.02. The standard InChI is InChI=1S/C16H12F3N5O3/c1-20-14(26)12(25)11-6-21-24(8-11)7-9-2-4-10(5-3-9)13-22-15(27-23-13)16(17,18)19/h2-6,8H,7H2,1H3,(H,20,26). The molecule has 27 heavy (non-hydrogen) atoms. The minimum Gasteiger partial charge on any atom is -0.352 e. The van der Waals surface area contributed by atoms with Crippen LogP contribution in [0.15, 0.2) is 41.2 Å². The summed E-state index contributed by atoms with van der Waals surface area (Å²) in [4.78, 5) is 26.4. The number of hydrogen-bond acceptors (Lipinski definition) is 6. The molecule has 1 aromatic carbocycles. The van der Waals surface area contributed by atoms with Crippen LogP contribution in [0.25, 0.3) is 11.4 Å². The molecule has 0 aliphatic heterocycles. The first kappa shape index (κ1) is 18.3.